The maximum absolute atomic E-state index is 11.4. The lowest BCUT2D eigenvalue weighted by molar-refractivity contribution is 0.0690. The Balaban J connectivity index is 2.12. The molecule has 1 heterocycles. The van der Waals surface area contributed by atoms with Gasteiger partial charge in [0, 0.05) is 18.8 Å². The van der Waals surface area contributed by atoms with Crippen LogP contribution in [0, 0.1) is 12.3 Å². The Morgan fingerprint density at radius 2 is 2.20 bits per heavy atom. The SMILES string of the molecule is C#CCSCCNC(=O)NCCn1cc(C(=O)O)nn1. The number of thioether (sulfide) groups is 1. The predicted molar refractivity (Wildman–Crippen MR) is 74.5 cm³/mol. The molecule has 1 rings (SSSR count). The summed E-state index contributed by atoms with van der Waals surface area (Å²) in [6, 6.07) is -0.287. The van der Waals surface area contributed by atoms with E-state index in [2.05, 4.69) is 26.9 Å². The summed E-state index contributed by atoms with van der Waals surface area (Å²) in [5.41, 5.74) is -0.125. The molecular formula is C11H15N5O3S. The molecule has 0 saturated carbocycles. The molecule has 1 aromatic heterocycles. The lowest BCUT2D eigenvalue weighted by atomic mass is 10.5. The fourth-order valence-electron chi connectivity index (χ4n) is 1.22. The molecule has 0 aliphatic rings. The third-order valence-electron chi connectivity index (χ3n) is 2.10. The van der Waals surface area contributed by atoms with Crippen LogP contribution in [0.4, 0.5) is 4.79 Å². The fourth-order valence-corrected chi connectivity index (χ4v) is 1.73. The minimum absolute atomic E-state index is 0.125. The molecule has 0 saturated heterocycles. The van der Waals surface area contributed by atoms with E-state index in [0.717, 1.165) is 5.75 Å². The molecule has 108 valence electrons. The molecule has 0 radical (unpaired) electrons. The zero-order valence-electron chi connectivity index (χ0n) is 10.7. The maximum Gasteiger partial charge on any atom is 0.358 e. The number of urea groups is 1. The summed E-state index contributed by atoms with van der Waals surface area (Å²) in [7, 11) is 0. The molecule has 0 aliphatic carbocycles. The molecule has 0 aromatic carbocycles. The average Bonchev–Trinajstić information content (AvgIpc) is 2.87. The van der Waals surface area contributed by atoms with E-state index in [1.807, 2.05) is 0 Å². The van der Waals surface area contributed by atoms with Crippen molar-refractivity contribution in [1.82, 2.24) is 25.6 Å². The monoisotopic (exact) mass is 297 g/mol. The summed E-state index contributed by atoms with van der Waals surface area (Å²) in [6.07, 6.45) is 6.40. The number of nitrogens with one attached hydrogen (secondary N) is 2. The normalized spacial score (nSPS) is 9.75. The number of carbonyl (C=O) groups is 2. The van der Waals surface area contributed by atoms with Crippen molar-refractivity contribution >= 4 is 23.8 Å². The number of nitrogens with zero attached hydrogens (tertiary/aromatic N) is 3. The molecule has 0 spiro atoms. The Hall–Kier alpha value is -2.21. The largest absolute Gasteiger partial charge is 0.476 e. The maximum atomic E-state index is 11.4. The molecule has 1 aromatic rings. The van der Waals surface area contributed by atoms with Gasteiger partial charge in [0.05, 0.1) is 18.5 Å². The van der Waals surface area contributed by atoms with Crippen LogP contribution < -0.4 is 10.6 Å². The van der Waals surface area contributed by atoms with Crippen LogP contribution >= 0.6 is 11.8 Å². The van der Waals surface area contributed by atoms with E-state index in [9.17, 15) is 9.59 Å². The summed E-state index contributed by atoms with van der Waals surface area (Å²) in [4.78, 5) is 21.9. The molecule has 2 amide bonds. The molecule has 0 aliphatic heterocycles. The Morgan fingerprint density at radius 3 is 2.85 bits per heavy atom. The van der Waals surface area contributed by atoms with Crippen molar-refractivity contribution in [2.45, 2.75) is 6.54 Å². The highest BCUT2D eigenvalue weighted by Crippen LogP contribution is 1.95. The molecular weight excluding hydrogens is 282 g/mol. The van der Waals surface area contributed by atoms with Crippen LogP contribution in [-0.4, -0.2) is 56.7 Å². The van der Waals surface area contributed by atoms with E-state index in [0.29, 0.717) is 25.4 Å². The number of hydrogen-bond acceptors (Lipinski definition) is 5. The van der Waals surface area contributed by atoms with Gasteiger partial charge in [-0.1, -0.05) is 11.1 Å². The zero-order valence-corrected chi connectivity index (χ0v) is 11.5. The number of carboxylic acid groups (broad SMARTS) is 1. The number of terminal acetylenes is 1. The Morgan fingerprint density at radius 1 is 1.45 bits per heavy atom. The molecule has 9 heteroatoms. The second-order valence-corrected chi connectivity index (χ2v) is 4.72. The van der Waals surface area contributed by atoms with Crippen LogP contribution in [0.5, 0.6) is 0 Å². The lowest BCUT2D eigenvalue weighted by Crippen LogP contribution is -2.38. The van der Waals surface area contributed by atoms with Crippen molar-refractivity contribution in [2.75, 3.05) is 24.6 Å². The van der Waals surface area contributed by atoms with E-state index < -0.39 is 5.97 Å². The highest BCUT2D eigenvalue weighted by molar-refractivity contribution is 7.99. The quantitative estimate of drug-likeness (QED) is 0.447. The molecule has 0 bridgehead atoms. The van der Waals surface area contributed by atoms with E-state index >= 15 is 0 Å². The number of aromatic nitrogens is 3. The smallest absolute Gasteiger partial charge is 0.358 e. The molecule has 0 fully saturated rings. The topological polar surface area (TPSA) is 109 Å². The van der Waals surface area contributed by atoms with Crippen LogP contribution in [0.3, 0.4) is 0 Å². The van der Waals surface area contributed by atoms with Gasteiger partial charge in [-0.15, -0.1) is 23.3 Å². The van der Waals surface area contributed by atoms with Gasteiger partial charge in [-0.2, -0.15) is 0 Å². The van der Waals surface area contributed by atoms with Gasteiger partial charge in [-0.3, -0.25) is 0 Å². The first kappa shape index (κ1) is 15.8. The van der Waals surface area contributed by atoms with Crippen LogP contribution in [0.1, 0.15) is 10.5 Å². The first-order valence-electron chi connectivity index (χ1n) is 5.80. The number of rotatable bonds is 8. The summed E-state index contributed by atoms with van der Waals surface area (Å²) < 4.78 is 1.35. The van der Waals surface area contributed by atoms with Crippen molar-refractivity contribution < 1.29 is 14.7 Å². The van der Waals surface area contributed by atoms with Crippen LogP contribution in [0.15, 0.2) is 6.20 Å². The Labute approximate surface area is 120 Å². The second kappa shape index (κ2) is 8.82. The molecule has 8 nitrogen and oxygen atoms in total. The van der Waals surface area contributed by atoms with E-state index in [-0.39, 0.29) is 11.7 Å². The van der Waals surface area contributed by atoms with Crippen LogP contribution in [0.25, 0.3) is 0 Å². The lowest BCUT2D eigenvalue weighted by Gasteiger charge is -2.06. The van der Waals surface area contributed by atoms with Gasteiger partial charge in [0.15, 0.2) is 5.69 Å². The van der Waals surface area contributed by atoms with Gasteiger partial charge in [-0.25, -0.2) is 14.3 Å². The number of carbonyl (C=O) groups excluding carboxylic acids is 1. The third kappa shape index (κ3) is 6.10. The van der Waals surface area contributed by atoms with Gasteiger partial charge in [-0.05, 0) is 0 Å². The van der Waals surface area contributed by atoms with E-state index in [1.54, 1.807) is 11.8 Å². The van der Waals surface area contributed by atoms with Gasteiger partial charge >= 0.3 is 12.0 Å². The summed E-state index contributed by atoms with van der Waals surface area (Å²) in [5.74, 6) is 2.74. The standard InChI is InChI=1S/C11H15N5O3S/c1-2-6-20-7-4-13-11(19)12-3-5-16-8-9(10(17)18)14-15-16/h1,8H,3-7H2,(H,17,18)(H2,12,13,19). The highest BCUT2D eigenvalue weighted by atomic mass is 32.2. The first-order valence-corrected chi connectivity index (χ1v) is 6.95. The van der Waals surface area contributed by atoms with Gasteiger partial charge < -0.3 is 15.7 Å². The number of carboxylic acids is 1. The van der Waals surface area contributed by atoms with Crippen molar-refractivity contribution in [3.63, 3.8) is 0 Å². The van der Waals surface area contributed by atoms with Gasteiger partial charge in [0.2, 0.25) is 0 Å². The van der Waals surface area contributed by atoms with Crippen molar-refractivity contribution in [3.05, 3.63) is 11.9 Å². The van der Waals surface area contributed by atoms with Gasteiger partial charge in [0.1, 0.15) is 0 Å². The van der Waals surface area contributed by atoms with E-state index in [4.69, 9.17) is 11.5 Å². The summed E-state index contributed by atoms with van der Waals surface area (Å²) in [5, 5.41) is 21.0. The summed E-state index contributed by atoms with van der Waals surface area (Å²) in [6.45, 7) is 1.20. The second-order valence-electron chi connectivity index (χ2n) is 3.61. The van der Waals surface area contributed by atoms with Crippen LogP contribution in [-0.2, 0) is 6.54 Å². The molecule has 0 atom stereocenters. The minimum Gasteiger partial charge on any atom is -0.476 e. The first-order chi connectivity index (χ1) is 9.63. The molecule has 0 unspecified atom stereocenters. The van der Waals surface area contributed by atoms with Crippen molar-refractivity contribution in [1.29, 1.82) is 0 Å². The third-order valence-corrected chi connectivity index (χ3v) is 2.97. The Kier molecular flexibility index (Phi) is 6.99. The van der Waals surface area contributed by atoms with Crippen LogP contribution in [0.2, 0.25) is 0 Å². The fraction of sp³-hybridized carbons (Fsp3) is 0.455. The Bertz CT molecular complexity index is 496. The average molecular weight is 297 g/mol. The zero-order chi connectivity index (χ0) is 14.8. The van der Waals surface area contributed by atoms with E-state index in [1.165, 1.54) is 10.9 Å². The number of hydrogen-bond donors (Lipinski definition) is 3. The number of amides is 2. The van der Waals surface area contributed by atoms with Crippen molar-refractivity contribution in [2.24, 2.45) is 0 Å². The number of aromatic carboxylic acids is 1. The minimum atomic E-state index is -1.13. The van der Waals surface area contributed by atoms with Gasteiger partial charge in [0.25, 0.3) is 0 Å². The molecule has 20 heavy (non-hydrogen) atoms. The molecule has 3 N–H and O–H groups in total. The highest BCUT2D eigenvalue weighted by Gasteiger charge is 2.07. The predicted octanol–water partition coefficient (Wildman–Crippen LogP) is -0.358. The van der Waals surface area contributed by atoms with Crippen molar-refractivity contribution in [3.8, 4) is 12.3 Å². The summed E-state index contributed by atoms with van der Waals surface area (Å²) >= 11 is 1.56.